The molecule has 1 aliphatic heterocycles. The van der Waals surface area contributed by atoms with E-state index in [1.165, 1.54) is 0 Å². The van der Waals surface area contributed by atoms with Crippen LogP contribution in [-0.4, -0.2) is 66.9 Å². The number of imidazole rings is 1. The third-order valence-corrected chi connectivity index (χ3v) is 5.50. The van der Waals surface area contributed by atoms with Crippen LogP contribution in [0.25, 0.3) is 27.3 Å². The normalized spacial score (nSPS) is 14.5. The average molecular weight is 547 g/mol. The number of alkyl halides is 6. The number of hydrogen-bond acceptors (Lipinski definition) is 6. The number of carboxylic acid groups (broad SMARTS) is 2. The Balaban J connectivity index is 0.000000239. The van der Waals surface area contributed by atoms with Gasteiger partial charge < -0.3 is 20.5 Å². The maximum atomic E-state index is 12.4. The standard InChI is InChI=1S/C18H17N5O.2C2HF3O2/c24-18-16-13-9-20-7-3-12(13)17-22-14(11-1-5-19-6-2-11)10-23(17)15(16)4-8-21-18;2*3-2(4,5)1(6)7/h3-4,7-11,19H,1-2,5-6H2,(H,21,24);2*(H,6,7). The van der Waals surface area contributed by atoms with Gasteiger partial charge in [-0.2, -0.15) is 26.3 Å². The van der Waals surface area contributed by atoms with Crippen LogP contribution in [0.2, 0.25) is 0 Å². The summed E-state index contributed by atoms with van der Waals surface area (Å²) >= 11 is 0. The highest BCUT2D eigenvalue weighted by Gasteiger charge is 2.38. The Hall–Kier alpha value is -4.21. The molecule has 0 atom stereocenters. The molecule has 204 valence electrons. The predicted molar refractivity (Wildman–Crippen MR) is 121 cm³/mol. The molecule has 0 saturated carbocycles. The number of piperidine rings is 1. The van der Waals surface area contributed by atoms with Gasteiger partial charge in [-0.25, -0.2) is 14.6 Å². The van der Waals surface area contributed by atoms with E-state index in [-0.39, 0.29) is 5.56 Å². The number of nitrogens with one attached hydrogen (secondary N) is 2. The van der Waals surface area contributed by atoms with Crippen LogP contribution < -0.4 is 10.9 Å². The van der Waals surface area contributed by atoms with E-state index >= 15 is 0 Å². The third kappa shape index (κ3) is 6.37. The summed E-state index contributed by atoms with van der Waals surface area (Å²) in [5.74, 6) is -5.04. The lowest BCUT2D eigenvalue weighted by Crippen LogP contribution is -2.26. The summed E-state index contributed by atoms with van der Waals surface area (Å²) in [6.07, 6.45) is -0.663. The zero-order chi connectivity index (χ0) is 28.3. The molecule has 0 aromatic carbocycles. The lowest BCUT2D eigenvalue weighted by atomic mass is 9.95. The van der Waals surface area contributed by atoms with Crippen molar-refractivity contribution < 1.29 is 46.1 Å². The van der Waals surface area contributed by atoms with Gasteiger partial charge >= 0.3 is 24.3 Å². The van der Waals surface area contributed by atoms with Gasteiger partial charge in [0, 0.05) is 41.5 Å². The Morgan fingerprint density at radius 2 is 1.55 bits per heavy atom. The van der Waals surface area contributed by atoms with E-state index in [1.807, 2.05) is 12.1 Å². The highest BCUT2D eigenvalue weighted by molar-refractivity contribution is 6.10. The van der Waals surface area contributed by atoms with Crippen LogP contribution in [-0.2, 0) is 9.59 Å². The highest BCUT2D eigenvalue weighted by atomic mass is 19.4. The van der Waals surface area contributed by atoms with E-state index < -0.39 is 24.3 Å². The number of rotatable bonds is 1. The minimum atomic E-state index is -5.08. The first kappa shape index (κ1) is 28.4. The number of H-pyrrole nitrogens is 1. The summed E-state index contributed by atoms with van der Waals surface area (Å²) < 4.78 is 65.5. The average Bonchev–Trinajstić information content (AvgIpc) is 3.30. The summed E-state index contributed by atoms with van der Waals surface area (Å²) in [5, 5.41) is 20.1. The van der Waals surface area contributed by atoms with Crippen LogP contribution in [0.1, 0.15) is 24.5 Å². The van der Waals surface area contributed by atoms with Gasteiger partial charge in [-0.3, -0.25) is 14.2 Å². The molecule has 0 spiro atoms. The van der Waals surface area contributed by atoms with Crippen molar-refractivity contribution >= 4 is 39.3 Å². The monoisotopic (exact) mass is 547 g/mol. The largest absolute Gasteiger partial charge is 0.490 e. The van der Waals surface area contributed by atoms with Crippen LogP contribution in [0.15, 0.2) is 41.7 Å². The number of pyridine rings is 3. The van der Waals surface area contributed by atoms with Crippen molar-refractivity contribution in [1.29, 1.82) is 0 Å². The first-order chi connectivity index (χ1) is 17.7. The molecule has 1 fully saturated rings. The third-order valence-electron chi connectivity index (χ3n) is 5.50. The minimum Gasteiger partial charge on any atom is -0.475 e. The second-order valence-corrected chi connectivity index (χ2v) is 7.98. The molecule has 38 heavy (non-hydrogen) atoms. The smallest absolute Gasteiger partial charge is 0.475 e. The molecule has 4 aromatic rings. The lowest BCUT2D eigenvalue weighted by Gasteiger charge is -2.20. The first-order valence-corrected chi connectivity index (χ1v) is 10.8. The summed E-state index contributed by atoms with van der Waals surface area (Å²) in [6, 6.07) is 3.87. The zero-order valence-corrected chi connectivity index (χ0v) is 19.1. The number of aromatic amines is 1. The van der Waals surface area contributed by atoms with Gasteiger partial charge in [0.1, 0.15) is 5.65 Å². The van der Waals surface area contributed by atoms with E-state index in [1.54, 1.807) is 18.6 Å². The molecule has 1 saturated heterocycles. The second kappa shape index (κ2) is 11.0. The van der Waals surface area contributed by atoms with Crippen molar-refractivity contribution in [3.05, 3.63) is 53.0 Å². The molecule has 1 aliphatic rings. The number of carbonyl (C=O) groups is 2. The molecule has 5 heterocycles. The minimum absolute atomic E-state index is 0.0930. The van der Waals surface area contributed by atoms with Gasteiger partial charge in [0.25, 0.3) is 5.56 Å². The molecule has 0 bridgehead atoms. The van der Waals surface area contributed by atoms with Gasteiger partial charge in [0.05, 0.1) is 16.6 Å². The summed E-state index contributed by atoms with van der Waals surface area (Å²) in [5.41, 5.74) is 2.80. The molecule has 5 rings (SSSR count). The number of aromatic nitrogens is 4. The fourth-order valence-electron chi connectivity index (χ4n) is 3.80. The molecule has 16 heteroatoms. The molecule has 4 aromatic heterocycles. The van der Waals surface area contributed by atoms with Crippen molar-refractivity contribution in [3.63, 3.8) is 0 Å². The summed E-state index contributed by atoms with van der Waals surface area (Å²) in [7, 11) is 0. The highest BCUT2D eigenvalue weighted by Crippen LogP contribution is 2.30. The van der Waals surface area contributed by atoms with Crippen molar-refractivity contribution in [2.75, 3.05) is 13.1 Å². The topological polar surface area (TPSA) is 150 Å². The van der Waals surface area contributed by atoms with E-state index in [4.69, 9.17) is 24.8 Å². The fraction of sp³-hybridized carbons (Fsp3) is 0.318. The van der Waals surface area contributed by atoms with Gasteiger partial charge in [0.15, 0.2) is 0 Å². The molecular weight excluding hydrogens is 528 g/mol. The van der Waals surface area contributed by atoms with Crippen molar-refractivity contribution in [1.82, 2.24) is 24.7 Å². The quantitative estimate of drug-likeness (QED) is 0.209. The Morgan fingerprint density at radius 3 is 2.11 bits per heavy atom. The fourth-order valence-corrected chi connectivity index (χ4v) is 3.80. The molecule has 4 N–H and O–H groups in total. The lowest BCUT2D eigenvalue weighted by molar-refractivity contribution is -0.193. The maximum absolute atomic E-state index is 12.4. The maximum Gasteiger partial charge on any atom is 0.490 e. The molecule has 0 radical (unpaired) electrons. The Morgan fingerprint density at radius 1 is 0.974 bits per heavy atom. The van der Waals surface area contributed by atoms with Crippen LogP contribution in [0.3, 0.4) is 0 Å². The van der Waals surface area contributed by atoms with Crippen LogP contribution in [0.4, 0.5) is 26.3 Å². The van der Waals surface area contributed by atoms with Crippen molar-refractivity contribution in [3.8, 4) is 0 Å². The molecule has 0 unspecified atom stereocenters. The molecular formula is C22H19F6N5O5. The Labute approximate surface area is 207 Å². The SMILES string of the molecule is O=C(O)C(F)(F)F.O=C(O)C(F)(F)F.O=c1[nH]ccc2c1c1cnccc1c1nc(C3CCNCC3)cn21. The molecule has 0 amide bonds. The van der Waals surface area contributed by atoms with E-state index in [9.17, 15) is 31.1 Å². The van der Waals surface area contributed by atoms with E-state index in [2.05, 4.69) is 25.9 Å². The van der Waals surface area contributed by atoms with Gasteiger partial charge in [-0.15, -0.1) is 0 Å². The molecule has 0 aliphatic carbocycles. The van der Waals surface area contributed by atoms with Gasteiger partial charge in [-0.05, 0) is 38.1 Å². The van der Waals surface area contributed by atoms with Crippen molar-refractivity contribution in [2.24, 2.45) is 0 Å². The van der Waals surface area contributed by atoms with Crippen molar-refractivity contribution in [2.45, 2.75) is 31.1 Å². The van der Waals surface area contributed by atoms with Gasteiger partial charge in [-0.1, -0.05) is 0 Å². The predicted octanol–water partition coefficient (Wildman–Crippen LogP) is 3.46. The van der Waals surface area contributed by atoms with Crippen LogP contribution in [0, 0.1) is 0 Å². The number of nitrogens with zero attached hydrogens (tertiary/aromatic N) is 3. The van der Waals surface area contributed by atoms with Crippen LogP contribution >= 0.6 is 0 Å². The number of carboxylic acids is 2. The Bertz CT molecular complexity index is 1500. The summed E-state index contributed by atoms with van der Waals surface area (Å²) in [4.78, 5) is 42.1. The zero-order valence-electron chi connectivity index (χ0n) is 19.1. The summed E-state index contributed by atoms with van der Waals surface area (Å²) in [6.45, 7) is 2.06. The number of aliphatic carboxylic acids is 2. The number of hydrogen-bond donors (Lipinski definition) is 4. The second-order valence-electron chi connectivity index (χ2n) is 7.98. The van der Waals surface area contributed by atoms with E-state index in [0.717, 1.165) is 53.6 Å². The Kier molecular flexibility index (Phi) is 8.24. The van der Waals surface area contributed by atoms with E-state index in [0.29, 0.717) is 11.3 Å². The van der Waals surface area contributed by atoms with Gasteiger partial charge in [0.2, 0.25) is 0 Å². The number of fused-ring (bicyclic) bond motifs is 6. The first-order valence-electron chi connectivity index (χ1n) is 10.8. The molecule has 10 nitrogen and oxygen atoms in total. The van der Waals surface area contributed by atoms with Crippen LogP contribution in [0.5, 0.6) is 0 Å². The number of halogens is 6.